The second-order valence-corrected chi connectivity index (χ2v) is 9.92. The van der Waals surface area contributed by atoms with Gasteiger partial charge in [0.2, 0.25) is 5.91 Å². The van der Waals surface area contributed by atoms with E-state index in [9.17, 15) is 22.8 Å². The number of nitrogens with zero attached hydrogens (tertiary/aromatic N) is 5. The predicted molar refractivity (Wildman–Crippen MR) is 132 cm³/mol. The Morgan fingerprint density at radius 3 is 2.42 bits per heavy atom. The van der Waals surface area contributed by atoms with Crippen molar-refractivity contribution in [1.29, 1.82) is 5.26 Å². The Hall–Kier alpha value is -4.05. The number of hydrogen-bond donors (Lipinski definition) is 2. The van der Waals surface area contributed by atoms with Crippen LogP contribution in [0.2, 0.25) is 0 Å². The first-order chi connectivity index (χ1) is 17.7. The van der Waals surface area contributed by atoms with Crippen molar-refractivity contribution in [2.75, 3.05) is 13.1 Å². The van der Waals surface area contributed by atoms with Gasteiger partial charge in [-0.15, -0.1) is 0 Å². The molecule has 38 heavy (non-hydrogen) atoms. The van der Waals surface area contributed by atoms with Gasteiger partial charge >= 0.3 is 12.1 Å². The maximum absolute atomic E-state index is 12.7. The average Bonchev–Trinajstić information content (AvgIpc) is 3.31. The predicted octanol–water partition coefficient (Wildman–Crippen LogP) is 4.95. The first-order valence-electron chi connectivity index (χ1n) is 11.7. The molecule has 1 aliphatic rings. The van der Waals surface area contributed by atoms with Gasteiger partial charge < -0.3 is 20.7 Å². The molecule has 0 aliphatic carbocycles. The third-order valence-corrected chi connectivity index (χ3v) is 6.06. The number of carboxylic acids is 1. The van der Waals surface area contributed by atoms with Crippen LogP contribution >= 0.6 is 0 Å². The molecule has 0 bridgehead atoms. The lowest BCUT2D eigenvalue weighted by Crippen LogP contribution is -2.46. The molecule has 3 N–H and O–H groups in total. The molecule has 1 saturated heterocycles. The monoisotopic (exact) mass is 530 g/mol. The van der Waals surface area contributed by atoms with E-state index in [4.69, 9.17) is 16.1 Å². The molecule has 1 fully saturated rings. The number of likely N-dealkylation sites (tertiary alicyclic amines) is 1. The Bertz CT molecular complexity index is 1350. The summed E-state index contributed by atoms with van der Waals surface area (Å²) in [5.74, 6) is -1.22. The molecule has 10 nitrogen and oxygen atoms in total. The SMILES string of the molecule is CC(C)(C)[C@@H]([NH-])C(=O)N1CCC(C#N)CC1.O=C(O)c1c[nH]c2ncc(-c3cc(C(F)(F)F)ccn3)nc12. The fourth-order valence-electron chi connectivity index (χ4n) is 3.71. The molecule has 202 valence electrons. The fraction of sp³-hybridized carbons (Fsp3) is 0.440. The van der Waals surface area contributed by atoms with Crippen LogP contribution in [0.3, 0.4) is 0 Å². The third-order valence-electron chi connectivity index (χ3n) is 6.06. The van der Waals surface area contributed by atoms with Crippen LogP contribution in [0, 0.1) is 22.7 Å². The smallest absolute Gasteiger partial charge is 0.416 e. The second-order valence-electron chi connectivity index (χ2n) is 9.92. The minimum Gasteiger partial charge on any atom is -0.666 e. The summed E-state index contributed by atoms with van der Waals surface area (Å²) in [5.41, 5.74) is 6.91. The molecular weight excluding hydrogens is 503 g/mol. The number of halogens is 3. The summed E-state index contributed by atoms with van der Waals surface area (Å²) < 4.78 is 38.1. The van der Waals surface area contributed by atoms with Gasteiger partial charge in [-0.05, 0) is 30.4 Å². The Balaban J connectivity index is 0.000000223. The highest BCUT2D eigenvalue weighted by molar-refractivity contribution is 6.00. The van der Waals surface area contributed by atoms with Gasteiger partial charge in [0.05, 0.1) is 23.5 Å². The zero-order valence-electron chi connectivity index (χ0n) is 21.0. The molecular formula is C25H27F3N7O3-. The number of fused-ring (bicyclic) bond motifs is 1. The van der Waals surface area contributed by atoms with E-state index >= 15 is 0 Å². The highest BCUT2D eigenvalue weighted by Gasteiger charge is 2.31. The number of carbonyl (C=O) groups excluding carboxylic acids is 1. The quantitative estimate of drug-likeness (QED) is 0.484. The molecule has 0 saturated carbocycles. The van der Waals surface area contributed by atoms with Crippen LogP contribution in [-0.4, -0.2) is 61.0 Å². The number of rotatable bonds is 3. The molecule has 13 heteroatoms. The number of hydrogen-bond acceptors (Lipinski definition) is 6. The number of pyridine rings is 1. The molecule has 0 spiro atoms. The van der Waals surface area contributed by atoms with Gasteiger partial charge in [-0.25, -0.2) is 14.8 Å². The van der Waals surface area contributed by atoms with E-state index in [1.807, 2.05) is 20.8 Å². The Morgan fingerprint density at radius 1 is 1.21 bits per heavy atom. The minimum atomic E-state index is -4.50. The van der Waals surface area contributed by atoms with Crippen LogP contribution in [0.15, 0.2) is 30.7 Å². The van der Waals surface area contributed by atoms with Crippen LogP contribution in [0.5, 0.6) is 0 Å². The third kappa shape index (κ3) is 6.63. The Kier molecular flexibility index (Phi) is 8.36. The topological polar surface area (TPSA) is 160 Å². The Morgan fingerprint density at radius 2 is 1.87 bits per heavy atom. The minimum absolute atomic E-state index is 0.0400. The largest absolute Gasteiger partial charge is 0.666 e. The van der Waals surface area contributed by atoms with Crippen molar-refractivity contribution in [3.63, 3.8) is 0 Å². The summed E-state index contributed by atoms with van der Waals surface area (Å²) in [4.78, 5) is 39.2. The molecule has 4 rings (SSSR count). The van der Waals surface area contributed by atoms with E-state index in [2.05, 4.69) is 26.0 Å². The highest BCUT2D eigenvalue weighted by Crippen LogP contribution is 2.31. The van der Waals surface area contributed by atoms with Crippen molar-refractivity contribution in [1.82, 2.24) is 24.8 Å². The van der Waals surface area contributed by atoms with Gasteiger partial charge in [-0.3, -0.25) is 9.78 Å². The van der Waals surface area contributed by atoms with Gasteiger partial charge in [-0.1, -0.05) is 26.8 Å². The summed E-state index contributed by atoms with van der Waals surface area (Å²) >= 11 is 0. The summed E-state index contributed by atoms with van der Waals surface area (Å²) in [6.07, 6.45) is 0.455. The van der Waals surface area contributed by atoms with E-state index in [1.165, 1.54) is 12.4 Å². The van der Waals surface area contributed by atoms with E-state index in [0.717, 1.165) is 31.2 Å². The van der Waals surface area contributed by atoms with Crippen LogP contribution in [0.25, 0.3) is 28.3 Å². The number of H-pyrrole nitrogens is 1. The summed E-state index contributed by atoms with van der Waals surface area (Å²) in [6, 6.07) is 3.21. The number of nitriles is 1. The van der Waals surface area contributed by atoms with Crippen molar-refractivity contribution in [2.24, 2.45) is 11.3 Å². The van der Waals surface area contributed by atoms with Crippen LogP contribution in [0.1, 0.15) is 49.5 Å². The van der Waals surface area contributed by atoms with E-state index in [0.29, 0.717) is 13.1 Å². The van der Waals surface area contributed by atoms with Gasteiger partial charge in [0.25, 0.3) is 0 Å². The first-order valence-corrected chi connectivity index (χ1v) is 11.7. The summed E-state index contributed by atoms with van der Waals surface area (Å²) in [5, 5.41) is 17.8. The highest BCUT2D eigenvalue weighted by atomic mass is 19.4. The molecule has 1 amide bonds. The summed E-state index contributed by atoms with van der Waals surface area (Å²) in [7, 11) is 0. The number of carbonyl (C=O) groups is 2. The van der Waals surface area contributed by atoms with Crippen molar-refractivity contribution >= 4 is 23.0 Å². The molecule has 3 aromatic heterocycles. The molecule has 0 unspecified atom stereocenters. The van der Waals surface area contributed by atoms with E-state index in [1.54, 1.807) is 4.90 Å². The van der Waals surface area contributed by atoms with Crippen LogP contribution in [-0.2, 0) is 11.0 Å². The van der Waals surface area contributed by atoms with Gasteiger partial charge in [0.15, 0.2) is 5.65 Å². The van der Waals surface area contributed by atoms with E-state index < -0.39 is 23.8 Å². The van der Waals surface area contributed by atoms with E-state index in [-0.39, 0.29) is 45.4 Å². The van der Waals surface area contributed by atoms with Crippen LogP contribution < -0.4 is 0 Å². The van der Waals surface area contributed by atoms with Crippen molar-refractivity contribution in [3.8, 4) is 17.5 Å². The normalized spacial score (nSPS) is 15.4. The van der Waals surface area contributed by atoms with Gasteiger partial charge in [-0.2, -0.15) is 18.4 Å². The lowest BCUT2D eigenvalue weighted by Gasteiger charge is -2.39. The summed E-state index contributed by atoms with van der Waals surface area (Å²) in [6.45, 7) is 6.98. The number of aromatic amines is 1. The number of piperidine rings is 1. The zero-order chi connectivity index (χ0) is 28.3. The number of aromatic nitrogens is 4. The number of nitrogens with one attached hydrogen (secondary N) is 2. The zero-order valence-corrected chi connectivity index (χ0v) is 21.0. The van der Waals surface area contributed by atoms with Crippen molar-refractivity contribution in [3.05, 3.63) is 47.6 Å². The number of amides is 1. The fourth-order valence-corrected chi connectivity index (χ4v) is 3.71. The molecule has 1 atom stereocenters. The Labute approximate surface area is 216 Å². The number of alkyl halides is 3. The number of aromatic carboxylic acids is 1. The lowest BCUT2D eigenvalue weighted by atomic mass is 9.86. The maximum Gasteiger partial charge on any atom is 0.416 e. The number of carboxylic acid groups (broad SMARTS) is 1. The van der Waals surface area contributed by atoms with Gasteiger partial charge in [0.1, 0.15) is 16.8 Å². The maximum atomic E-state index is 12.7. The van der Waals surface area contributed by atoms with Crippen LogP contribution in [0.4, 0.5) is 13.2 Å². The molecule has 0 radical (unpaired) electrons. The van der Waals surface area contributed by atoms with Crippen molar-refractivity contribution < 1.29 is 27.9 Å². The second kappa shape index (κ2) is 11.1. The molecule has 3 aromatic rings. The molecule has 0 aromatic carbocycles. The molecule has 4 heterocycles. The lowest BCUT2D eigenvalue weighted by molar-refractivity contribution is -0.137. The first kappa shape index (κ1) is 28.5. The van der Waals surface area contributed by atoms with Crippen molar-refractivity contribution in [2.45, 2.75) is 45.8 Å². The standard InChI is InChI=1S/C13H7F3N4O2.C12H20N3O/c14-13(15,16)6-1-2-17-8(3-6)9-5-19-11-10(20-9)7(4-18-11)12(21)22;1-12(2,3)10(14)11(16)15-6-4-9(8-13)5-7-15/h1-5H,(H,18,19)(H,21,22);9-10,14H,4-7H2,1-3H3/q;-1/t;10-/m.0/s1. The molecule has 1 aliphatic heterocycles. The average molecular weight is 531 g/mol. The van der Waals surface area contributed by atoms with Gasteiger partial charge in [0, 0.05) is 31.4 Å².